The lowest BCUT2D eigenvalue weighted by atomic mass is 9.95. The maximum atomic E-state index is 12.2. The molecule has 0 aromatic heterocycles. The van der Waals surface area contributed by atoms with Crippen LogP contribution in [0.2, 0.25) is 10.0 Å². The fourth-order valence-electron chi connectivity index (χ4n) is 4.04. The van der Waals surface area contributed by atoms with Crippen molar-refractivity contribution in [1.82, 2.24) is 5.06 Å². The van der Waals surface area contributed by atoms with Crippen LogP contribution in [-0.2, 0) is 34.9 Å². The highest BCUT2D eigenvalue weighted by Crippen LogP contribution is 2.34. The number of fused-ring (bicyclic) bond motifs is 2. The molecule has 33 heavy (non-hydrogen) atoms. The highest BCUT2D eigenvalue weighted by Gasteiger charge is 2.40. The smallest absolute Gasteiger partial charge is 0.254 e. The Morgan fingerprint density at radius 3 is 1.97 bits per heavy atom. The van der Waals surface area contributed by atoms with E-state index in [0.717, 1.165) is 67.1 Å². The van der Waals surface area contributed by atoms with Crippen molar-refractivity contribution in [2.24, 2.45) is 5.41 Å². The summed E-state index contributed by atoms with van der Waals surface area (Å²) in [7, 11) is 0. The van der Waals surface area contributed by atoms with Gasteiger partial charge in [-0.15, -0.1) is 11.6 Å². The molecular weight excluding hydrogens is 485 g/mol. The number of nitrogens with zero attached hydrogens (tertiary/aromatic N) is 1. The van der Waals surface area contributed by atoms with Gasteiger partial charge in [-0.2, -0.15) is 0 Å². The summed E-state index contributed by atoms with van der Waals surface area (Å²) in [5.41, 5.74) is 3.83. The van der Waals surface area contributed by atoms with Crippen LogP contribution < -0.4 is 9.47 Å². The molecule has 3 aliphatic heterocycles. The van der Waals surface area contributed by atoms with Gasteiger partial charge in [0.2, 0.25) is 0 Å². The molecule has 0 N–H and O–H groups in total. The lowest BCUT2D eigenvalue weighted by molar-refractivity contribution is -0.165. The summed E-state index contributed by atoms with van der Waals surface area (Å²) in [4.78, 5) is 17.6. The van der Waals surface area contributed by atoms with Crippen LogP contribution in [0.1, 0.15) is 48.9 Å². The van der Waals surface area contributed by atoms with Gasteiger partial charge < -0.3 is 9.47 Å². The second kappa shape index (κ2) is 10.3. The Balaban J connectivity index is 0.000000172. The predicted octanol–water partition coefficient (Wildman–Crippen LogP) is 6.37. The Labute approximate surface area is 209 Å². The maximum Gasteiger partial charge on any atom is 0.254 e. The number of benzene rings is 2. The van der Waals surface area contributed by atoms with Crippen molar-refractivity contribution < 1.29 is 19.1 Å². The molecule has 5 nitrogen and oxygen atoms in total. The Bertz CT molecular complexity index is 1040. The number of halogens is 3. The number of amides is 1. The minimum Gasteiger partial charge on any atom is -0.493 e. The third-order valence-corrected chi connectivity index (χ3v) is 6.99. The molecule has 8 heteroatoms. The minimum atomic E-state index is -0.455. The second-order valence-electron chi connectivity index (χ2n) is 9.14. The maximum absolute atomic E-state index is 12.2. The number of ether oxygens (including phenoxy) is 2. The van der Waals surface area contributed by atoms with Crippen molar-refractivity contribution in [1.29, 1.82) is 0 Å². The van der Waals surface area contributed by atoms with Crippen LogP contribution in [0, 0.1) is 5.41 Å². The number of carbonyl (C=O) groups is 1. The minimum absolute atomic E-state index is 0.00235. The van der Waals surface area contributed by atoms with E-state index in [1.54, 1.807) is 0 Å². The second-order valence-corrected chi connectivity index (χ2v) is 10.2. The van der Waals surface area contributed by atoms with E-state index >= 15 is 0 Å². The van der Waals surface area contributed by atoms with E-state index in [9.17, 15) is 4.79 Å². The molecule has 178 valence electrons. The molecule has 1 amide bonds. The molecule has 5 rings (SSSR count). The topological polar surface area (TPSA) is 48.0 Å². The Hall–Kier alpha value is -1.66. The fraction of sp³-hybridized carbons (Fsp3) is 0.480. The summed E-state index contributed by atoms with van der Waals surface area (Å²) in [5, 5.41) is 2.74. The van der Waals surface area contributed by atoms with Gasteiger partial charge >= 0.3 is 0 Å². The average Bonchev–Trinajstić information content (AvgIpc) is 3.06. The molecule has 2 aromatic rings. The zero-order chi connectivity index (χ0) is 23.6. The van der Waals surface area contributed by atoms with Crippen molar-refractivity contribution >= 4 is 40.7 Å². The Morgan fingerprint density at radius 2 is 1.45 bits per heavy atom. The first-order valence-corrected chi connectivity index (χ1v) is 12.5. The molecule has 0 saturated carbocycles. The van der Waals surface area contributed by atoms with Gasteiger partial charge in [0.25, 0.3) is 5.91 Å². The highest BCUT2D eigenvalue weighted by molar-refractivity contribution is 6.32. The molecule has 0 unspecified atom stereocenters. The first kappa shape index (κ1) is 24.5. The summed E-state index contributed by atoms with van der Waals surface area (Å²) in [6.45, 7) is 6.11. The zero-order valence-corrected chi connectivity index (χ0v) is 21.2. The van der Waals surface area contributed by atoms with Crippen molar-refractivity contribution in [2.75, 3.05) is 19.8 Å². The van der Waals surface area contributed by atoms with Crippen molar-refractivity contribution in [2.45, 2.75) is 52.0 Å². The number of alkyl halides is 1. The van der Waals surface area contributed by atoms with Crippen LogP contribution >= 0.6 is 34.8 Å². The van der Waals surface area contributed by atoms with E-state index in [2.05, 4.69) is 0 Å². The Kier molecular flexibility index (Phi) is 7.64. The molecule has 0 radical (unpaired) electrons. The van der Waals surface area contributed by atoms with Gasteiger partial charge in [-0.25, -0.2) is 5.06 Å². The average molecular weight is 513 g/mol. The van der Waals surface area contributed by atoms with Gasteiger partial charge in [-0.05, 0) is 86.1 Å². The third kappa shape index (κ3) is 5.54. The molecule has 0 bridgehead atoms. The number of hydrogen-bond donors (Lipinski definition) is 0. The molecule has 3 heterocycles. The van der Waals surface area contributed by atoms with Crippen molar-refractivity contribution in [3.05, 3.63) is 56.6 Å². The van der Waals surface area contributed by atoms with Gasteiger partial charge in [-0.1, -0.05) is 23.2 Å². The predicted molar refractivity (Wildman–Crippen MR) is 130 cm³/mol. The quantitative estimate of drug-likeness (QED) is 0.448. The highest BCUT2D eigenvalue weighted by atomic mass is 35.5. The van der Waals surface area contributed by atoms with Gasteiger partial charge in [0.05, 0.1) is 31.8 Å². The van der Waals surface area contributed by atoms with E-state index in [1.807, 2.05) is 38.1 Å². The van der Waals surface area contributed by atoms with Crippen LogP contribution in [0.25, 0.3) is 0 Å². The molecule has 3 aliphatic rings. The first-order chi connectivity index (χ1) is 15.8. The summed E-state index contributed by atoms with van der Waals surface area (Å²) in [5.74, 6) is 2.25. The first-order valence-electron chi connectivity index (χ1n) is 11.2. The standard InChI is InChI=1S/C15H18ClNO3.C10H10Cl2O/c1-15(2)9-20-17(14(15)18)8-11-6-10-4-3-5-19-13(10)7-12(11)16;11-6-8-4-7-2-1-3-13-10(7)5-9(8)12/h6-7H,3-5,8-9H2,1-2H3;4-5H,1-3,6H2. The van der Waals surface area contributed by atoms with Crippen LogP contribution in [-0.4, -0.2) is 30.8 Å². The lowest BCUT2D eigenvalue weighted by Crippen LogP contribution is -2.30. The third-order valence-electron chi connectivity index (χ3n) is 6.00. The number of rotatable bonds is 3. The SMILES string of the molecule is CC1(C)CON(Cc2cc3c(cc2Cl)OCCC3)C1=O.ClCc1cc2c(cc1Cl)OCCC2. The van der Waals surface area contributed by atoms with Crippen LogP contribution in [0.5, 0.6) is 11.5 Å². The van der Waals surface area contributed by atoms with E-state index in [1.165, 1.54) is 10.6 Å². The summed E-state index contributed by atoms with van der Waals surface area (Å²) >= 11 is 18.0. The molecule has 1 fully saturated rings. The van der Waals surface area contributed by atoms with Crippen molar-refractivity contribution in [3.8, 4) is 11.5 Å². The zero-order valence-electron chi connectivity index (χ0n) is 18.9. The molecule has 0 atom stereocenters. The van der Waals surface area contributed by atoms with Gasteiger partial charge in [0, 0.05) is 15.9 Å². The summed E-state index contributed by atoms with van der Waals surface area (Å²) in [6.07, 6.45) is 4.15. The monoisotopic (exact) mass is 511 g/mol. The molecule has 1 saturated heterocycles. The number of hydroxylamine groups is 2. The largest absolute Gasteiger partial charge is 0.493 e. The van der Waals surface area contributed by atoms with E-state index in [4.69, 9.17) is 49.1 Å². The number of hydrogen-bond acceptors (Lipinski definition) is 4. The van der Waals surface area contributed by atoms with Crippen LogP contribution in [0.3, 0.4) is 0 Å². The van der Waals surface area contributed by atoms with Gasteiger partial charge in [0.15, 0.2) is 0 Å². The molecular formula is C25H28Cl3NO4. The van der Waals surface area contributed by atoms with Gasteiger partial charge in [0.1, 0.15) is 11.5 Å². The van der Waals surface area contributed by atoms with Gasteiger partial charge in [-0.3, -0.25) is 9.63 Å². The van der Waals surface area contributed by atoms with E-state index < -0.39 is 5.41 Å². The lowest BCUT2D eigenvalue weighted by Gasteiger charge is -2.21. The van der Waals surface area contributed by atoms with Crippen LogP contribution in [0.4, 0.5) is 0 Å². The van der Waals surface area contributed by atoms with E-state index in [-0.39, 0.29) is 5.91 Å². The number of carbonyl (C=O) groups excluding carboxylic acids is 1. The van der Waals surface area contributed by atoms with Crippen LogP contribution in [0.15, 0.2) is 24.3 Å². The normalized spacial score (nSPS) is 18.5. The molecule has 0 spiro atoms. The fourth-order valence-corrected chi connectivity index (χ4v) is 4.77. The molecule has 2 aromatic carbocycles. The number of aryl methyl sites for hydroxylation is 2. The Morgan fingerprint density at radius 1 is 0.909 bits per heavy atom. The van der Waals surface area contributed by atoms with E-state index in [0.29, 0.717) is 29.1 Å². The van der Waals surface area contributed by atoms with Crippen molar-refractivity contribution in [3.63, 3.8) is 0 Å². The summed E-state index contributed by atoms with van der Waals surface area (Å²) < 4.78 is 11.1. The summed E-state index contributed by atoms with van der Waals surface area (Å²) in [6, 6.07) is 7.79. The molecule has 0 aliphatic carbocycles.